The number of hydrogen-bond acceptors (Lipinski definition) is 5. The van der Waals surface area contributed by atoms with Crippen molar-refractivity contribution in [2.75, 3.05) is 12.3 Å². The van der Waals surface area contributed by atoms with Crippen molar-refractivity contribution in [3.8, 4) is 5.75 Å². The lowest BCUT2D eigenvalue weighted by Gasteiger charge is -2.06. The Hall–Kier alpha value is -2.63. The maximum Gasteiger partial charge on any atom is 0.165 e. The van der Waals surface area contributed by atoms with Crippen LogP contribution in [0, 0.1) is 0 Å². The van der Waals surface area contributed by atoms with Crippen LogP contribution < -0.4 is 10.5 Å². The molecular formula is C15H15N5O. The van der Waals surface area contributed by atoms with Crippen LogP contribution in [0.2, 0.25) is 0 Å². The van der Waals surface area contributed by atoms with E-state index in [0.29, 0.717) is 11.3 Å². The second-order valence-corrected chi connectivity index (χ2v) is 5.16. The third kappa shape index (κ3) is 2.08. The van der Waals surface area contributed by atoms with Crippen LogP contribution in [0.5, 0.6) is 5.75 Å². The lowest BCUT2D eigenvalue weighted by Crippen LogP contribution is -2.02. The molecule has 0 atom stereocenters. The fourth-order valence-electron chi connectivity index (χ4n) is 2.71. The molecule has 3 heterocycles. The molecule has 0 spiro atoms. The van der Waals surface area contributed by atoms with E-state index in [4.69, 9.17) is 10.5 Å². The number of imidazole rings is 1. The fourth-order valence-corrected chi connectivity index (χ4v) is 2.71. The van der Waals surface area contributed by atoms with Gasteiger partial charge in [-0.2, -0.15) is 0 Å². The van der Waals surface area contributed by atoms with Gasteiger partial charge in [0.2, 0.25) is 0 Å². The van der Waals surface area contributed by atoms with E-state index >= 15 is 0 Å². The minimum atomic E-state index is 0.424. The first-order valence-corrected chi connectivity index (χ1v) is 6.97. The van der Waals surface area contributed by atoms with E-state index in [2.05, 4.69) is 33.2 Å². The molecule has 0 saturated carbocycles. The molecule has 0 fully saturated rings. The number of benzene rings is 1. The zero-order chi connectivity index (χ0) is 14.2. The van der Waals surface area contributed by atoms with E-state index in [0.717, 1.165) is 37.4 Å². The number of nitrogens with two attached hydrogens (primary N) is 1. The molecule has 1 aliphatic heterocycles. The van der Waals surface area contributed by atoms with Crippen LogP contribution in [0.25, 0.3) is 11.2 Å². The molecule has 2 N–H and O–H groups in total. The number of hydrogen-bond donors (Lipinski definition) is 1. The van der Waals surface area contributed by atoms with Gasteiger partial charge in [0, 0.05) is 13.0 Å². The summed E-state index contributed by atoms with van der Waals surface area (Å²) < 4.78 is 7.54. The summed E-state index contributed by atoms with van der Waals surface area (Å²) in [6.45, 7) is 1.60. The summed E-state index contributed by atoms with van der Waals surface area (Å²) in [6, 6.07) is 6.40. The Kier molecular flexibility index (Phi) is 2.73. The largest absolute Gasteiger partial charge is 0.493 e. The van der Waals surface area contributed by atoms with Crippen LogP contribution in [0.15, 0.2) is 30.9 Å². The monoisotopic (exact) mass is 281 g/mol. The number of nitrogens with zero attached hydrogens (tertiary/aromatic N) is 4. The molecule has 0 saturated heterocycles. The number of fused-ring (bicyclic) bond motifs is 2. The van der Waals surface area contributed by atoms with E-state index in [1.54, 1.807) is 6.33 Å². The Morgan fingerprint density at radius 2 is 2.19 bits per heavy atom. The van der Waals surface area contributed by atoms with E-state index in [9.17, 15) is 0 Å². The second kappa shape index (κ2) is 4.73. The Bertz CT molecular complexity index is 811. The molecule has 0 bridgehead atoms. The molecule has 4 rings (SSSR count). The van der Waals surface area contributed by atoms with Crippen molar-refractivity contribution in [2.45, 2.75) is 19.4 Å². The molecular weight excluding hydrogens is 266 g/mol. The van der Waals surface area contributed by atoms with Crippen molar-refractivity contribution in [3.05, 3.63) is 42.0 Å². The van der Waals surface area contributed by atoms with Gasteiger partial charge in [0.1, 0.15) is 17.6 Å². The van der Waals surface area contributed by atoms with E-state index in [1.807, 2.05) is 4.57 Å². The van der Waals surface area contributed by atoms with Crippen molar-refractivity contribution >= 4 is 17.0 Å². The first-order chi connectivity index (χ1) is 10.3. The van der Waals surface area contributed by atoms with Gasteiger partial charge in [0.05, 0.1) is 12.9 Å². The zero-order valence-corrected chi connectivity index (χ0v) is 11.5. The highest BCUT2D eigenvalue weighted by molar-refractivity contribution is 5.81. The third-order valence-electron chi connectivity index (χ3n) is 3.82. The van der Waals surface area contributed by atoms with Crippen molar-refractivity contribution in [2.24, 2.45) is 0 Å². The van der Waals surface area contributed by atoms with Crippen molar-refractivity contribution < 1.29 is 4.74 Å². The predicted molar refractivity (Wildman–Crippen MR) is 79.1 cm³/mol. The SMILES string of the molecule is Nc1ncnc2c1ncn2CCc1ccc2c(c1)CCO2. The van der Waals surface area contributed by atoms with Gasteiger partial charge in [-0.05, 0) is 23.6 Å². The lowest BCUT2D eigenvalue weighted by molar-refractivity contribution is 0.357. The highest BCUT2D eigenvalue weighted by atomic mass is 16.5. The first kappa shape index (κ1) is 12.1. The van der Waals surface area contributed by atoms with Gasteiger partial charge in [-0.1, -0.05) is 12.1 Å². The molecule has 21 heavy (non-hydrogen) atoms. The maximum atomic E-state index is 5.80. The Labute approximate surface area is 121 Å². The summed E-state index contributed by atoms with van der Waals surface area (Å²) >= 11 is 0. The molecule has 0 aliphatic carbocycles. The van der Waals surface area contributed by atoms with Crippen LogP contribution in [-0.4, -0.2) is 26.1 Å². The molecule has 0 unspecified atom stereocenters. The maximum absolute atomic E-state index is 5.80. The quantitative estimate of drug-likeness (QED) is 0.788. The molecule has 2 aromatic heterocycles. The van der Waals surface area contributed by atoms with Gasteiger partial charge in [0.15, 0.2) is 11.5 Å². The van der Waals surface area contributed by atoms with E-state index in [1.165, 1.54) is 17.5 Å². The van der Waals surface area contributed by atoms with Gasteiger partial charge >= 0.3 is 0 Å². The van der Waals surface area contributed by atoms with Crippen molar-refractivity contribution in [3.63, 3.8) is 0 Å². The van der Waals surface area contributed by atoms with Gasteiger partial charge in [-0.25, -0.2) is 15.0 Å². The molecule has 106 valence electrons. The number of anilines is 1. The summed E-state index contributed by atoms with van der Waals surface area (Å²) in [5, 5.41) is 0. The lowest BCUT2D eigenvalue weighted by atomic mass is 10.1. The first-order valence-electron chi connectivity index (χ1n) is 6.97. The average Bonchev–Trinajstić information content (AvgIpc) is 3.12. The van der Waals surface area contributed by atoms with Crippen LogP contribution in [0.4, 0.5) is 5.82 Å². The minimum Gasteiger partial charge on any atom is -0.493 e. The summed E-state index contributed by atoms with van der Waals surface area (Å²) in [5.74, 6) is 1.45. The molecule has 6 heteroatoms. The summed E-state index contributed by atoms with van der Waals surface area (Å²) in [5.41, 5.74) is 9.84. The van der Waals surface area contributed by atoms with Crippen LogP contribution >= 0.6 is 0 Å². The smallest absolute Gasteiger partial charge is 0.165 e. The number of nitrogen functional groups attached to an aromatic ring is 1. The van der Waals surface area contributed by atoms with E-state index < -0.39 is 0 Å². The van der Waals surface area contributed by atoms with Crippen LogP contribution in [-0.2, 0) is 19.4 Å². The molecule has 0 radical (unpaired) electrons. The van der Waals surface area contributed by atoms with Gasteiger partial charge in [0.25, 0.3) is 0 Å². The third-order valence-corrected chi connectivity index (χ3v) is 3.82. The standard InChI is InChI=1S/C15H15N5O/c16-14-13-15(18-8-17-14)20(9-19-13)5-3-10-1-2-12-11(7-10)4-6-21-12/h1-2,7-9H,3-6H2,(H2,16,17,18). The van der Waals surface area contributed by atoms with Crippen molar-refractivity contribution in [1.82, 2.24) is 19.5 Å². The number of aryl methyl sites for hydroxylation is 2. The topological polar surface area (TPSA) is 78.9 Å². The van der Waals surface area contributed by atoms with Gasteiger partial charge in [-0.15, -0.1) is 0 Å². The Balaban J connectivity index is 1.57. The second-order valence-electron chi connectivity index (χ2n) is 5.16. The molecule has 1 aromatic carbocycles. The molecule has 6 nitrogen and oxygen atoms in total. The summed E-state index contributed by atoms with van der Waals surface area (Å²) in [7, 11) is 0. The van der Waals surface area contributed by atoms with Crippen LogP contribution in [0.3, 0.4) is 0 Å². The number of rotatable bonds is 3. The van der Waals surface area contributed by atoms with Gasteiger partial charge in [-0.3, -0.25) is 0 Å². The molecule has 1 aliphatic rings. The molecule has 3 aromatic rings. The highest BCUT2D eigenvalue weighted by Crippen LogP contribution is 2.26. The normalized spacial score (nSPS) is 13.3. The number of aromatic nitrogens is 4. The molecule has 0 amide bonds. The zero-order valence-electron chi connectivity index (χ0n) is 11.5. The van der Waals surface area contributed by atoms with Crippen LogP contribution in [0.1, 0.15) is 11.1 Å². The average molecular weight is 281 g/mol. The fraction of sp³-hybridized carbons (Fsp3) is 0.267. The Morgan fingerprint density at radius 1 is 1.24 bits per heavy atom. The summed E-state index contributed by atoms with van der Waals surface area (Å²) in [4.78, 5) is 12.5. The number of ether oxygens (including phenoxy) is 1. The Morgan fingerprint density at radius 3 is 3.14 bits per heavy atom. The van der Waals surface area contributed by atoms with Crippen molar-refractivity contribution in [1.29, 1.82) is 0 Å². The van der Waals surface area contributed by atoms with E-state index in [-0.39, 0.29) is 0 Å². The summed E-state index contributed by atoms with van der Waals surface area (Å²) in [6.07, 6.45) is 5.17. The minimum absolute atomic E-state index is 0.424. The predicted octanol–water partition coefficient (Wildman–Crippen LogP) is 1.59. The van der Waals surface area contributed by atoms with Gasteiger partial charge < -0.3 is 15.0 Å². The highest BCUT2D eigenvalue weighted by Gasteiger charge is 2.12.